The summed E-state index contributed by atoms with van der Waals surface area (Å²) in [5, 5.41) is 0.316. The van der Waals surface area contributed by atoms with Gasteiger partial charge in [0.15, 0.2) is 0 Å². The molecule has 0 bridgehead atoms. The Morgan fingerprint density at radius 3 is 2.26 bits per heavy atom. The maximum absolute atomic E-state index is 6.48. The molecule has 1 atom stereocenters. The Kier molecular flexibility index (Phi) is 4.49. The molecule has 1 unspecified atom stereocenters. The van der Waals surface area contributed by atoms with Gasteiger partial charge in [0, 0.05) is 6.42 Å². The van der Waals surface area contributed by atoms with Crippen molar-refractivity contribution < 1.29 is 4.43 Å². The minimum absolute atomic E-state index is 0.316. The molecule has 2 aliphatic rings. The van der Waals surface area contributed by atoms with Crippen LogP contribution in [0.2, 0.25) is 18.1 Å². The van der Waals surface area contributed by atoms with Crippen molar-refractivity contribution in [2.45, 2.75) is 83.8 Å². The summed E-state index contributed by atoms with van der Waals surface area (Å²) in [4.78, 5) is 0. The molecule has 1 fully saturated rings. The van der Waals surface area contributed by atoms with Crippen LogP contribution in [0.3, 0.4) is 0 Å². The second-order valence-corrected chi connectivity index (χ2v) is 12.9. The lowest BCUT2D eigenvalue weighted by molar-refractivity contribution is 0.242. The average Bonchev–Trinajstić information content (AvgIpc) is 2.76. The Hall–Kier alpha value is -0.243. The number of hydrogen-bond donors (Lipinski definition) is 0. The van der Waals surface area contributed by atoms with Crippen LogP contribution in [0.5, 0.6) is 0 Å². The van der Waals surface area contributed by atoms with Crippen molar-refractivity contribution in [1.29, 1.82) is 0 Å². The first-order valence-corrected chi connectivity index (χ1v) is 11.1. The number of hydrogen-bond acceptors (Lipinski definition) is 1. The highest BCUT2D eigenvalue weighted by Gasteiger charge is 2.40. The van der Waals surface area contributed by atoms with Crippen molar-refractivity contribution in [3.63, 3.8) is 0 Å². The van der Waals surface area contributed by atoms with E-state index in [-0.39, 0.29) is 0 Å². The zero-order chi connectivity index (χ0) is 14.1. The van der Waals surface area contributed by atoms with Gasteiger partial charge in [-0.3, -0.25) is 0 Å². The molecule has 0 spiro atoms. The highest BCUT2D eigenvalue weighted by molar-refractivity contribution is 6.74. The molecule has 0 N–H and O–H groups in total. The lowest BCUT2D eigenvalue weighted by atomic mass is 9.79. The second-order valence-electron chi connectivity index (χ2n) is 8.13. The first kappa shape index (κ1) is 15.2. The maximum atomic E-state index is 6.48. The molecule has 1 saturated carbocycles. The van der Waals surface area contributed by atoms with Gasteiger partial charge >= 0.3 is 0 Å². The zero-order valence-electron chi connectivity index (χ0n) is 13.6. The highest BCUT2D eigenvalue weighted by Crippen LogP contribution is 2.43. The third-order valence-electron chi connectivity index (χ3n) is 5.62. The molecule has 0 aromatic rings. The van der Waals surface area contributed by atoms with Crippen LogP contribution in [-0.4, -0.2) is 8.32 Å². The van der Waals surface area contributed by atoms with Gasteiger partial charge in [-0.05, 0) is 42.5 Å². The smallest absolute Gasteiger partial charge is 0.250 e. The van der Waals surface area contributed by atoms with Gasteiger partial charge in [-0.25, -0.2) is 0 Å². The Labute approximate surface area is 120 Å². The molecule has 0 aromatic carbocycles. The molecule has 110 valence electrons. The third kappa shape index (κ3) is 3.65. The Morgan fingerprint density at radius 2 is 1.68 bits per heavy atom. The Morgan fingerprint density at radius 1 is 1.05 bits per heavy atom. The zero-order valence-corrected chi connectivity index (χ0v) is 14.6. The molecule has 2 rings (SSSR count). The molecule has 0 amide bonds. The summed E-state index contributed by atoms with van der Waals surface area (Å²) in [5.74, 6) is 3.19. The molecule has 2 heteroatoms. The van der Waals surface area contributed by atoms with Crippen LogP contribution in [0.25, 0.3) is 0 Å². The van der Waals surface area contributed by atoms with Crippen molar-refractivity contribution >= 4 is 8.32 Å². The van der Waals surface area contributed by atoms with Crippen LogP contribution in [-0.2, 0) is 4.43 Å². The topological polar surface area (TPSA) is 9.23 Å². The van der Waals surface area contributed by atoms with Gasteiger partial charge in [0.1, 0.15) is 0 Å². The first-order valence-electron chi connectivity index (χ1n) is 8.18. The van der Waals surface area contributed by atoms with E-state index in [1.807, 2.05) is 0 Å². The molecule has 0 radical (unpaired) electrons. The minimum atomic E-state index is -1.62. The first-order chi connectivity index (χ1) is 8.79. The van der Waals surface area contributed by atoms with Gasteiger partial charge in [-0.15, -0.1) is 0 Å². The van der Waals surface area contributed by atoms with Crippen LogP contribution in [0.15, 0.2) is 11.8 Å². The van der Waals surface area contributed by atoms with Crippen molar-refractivity contribution in [3.05, 3.63) is 11.8 Å². The monoisotopic (exact) mass is 280 g/mol. The van der Waals surface area contributed by atoms with Crippen LogP contribution in [0.1, 0.15) is 65.7 Å². The van der Waals surface area contributed by atoms with Crippen LogP contribution < -0.4 is 0 Å². The van der Waals surface area contributed by atoms with Crippen molar-refractivity contribution in [2.75, 3.05) is 0 Å². The van der Waals surface area contributed by atoms with Gasteiger partial charge in [0.2, 0.25) is 8.32 Å². The van der Waals surface area contributed by atoms with Gasteiger partial charge in [0.25, 0.3) is 0 Å². The summed E-state index contributed by atoms with van der Waals surface area (Å²) in [6, 6.07) is 0. The van der Waals surface area contributed by atoms with E-state index >= 15 is 0 Å². The second kappa shape index (κ2) is 5.63. The molecule has 0 saturated heterocycles. The lowest BCUT2D eigenvalue weighted by Gasteiger charge is -2.37. The normalized spacial score (nSPS) is 26.4. The summed E-state index contributed by atoms with van der Waals surface area (Å²) in [5.41, 5.74) is 0. The van der Waals surface area contributed by atoms with Crippen LogP contribution in [0.4, 0.5) is 0 Å². The highest BCUT2D eigenvalue weighted by atomic mass is 28.4. The van der Waals surface area contributed by atoms with Gasteiger partial charge in [-0.2, -0.15) is 0 Å². The minimum Gasteiger partial charge on any atom is -0.547 e. The van der Waals surface area contributed by atoms with Crippen molar-refractivity contribution in [3.8, 4) is 0 Å². The standard InChI is InChI=1S/C17H32OSi/c1-17(2,3)19(4,5)18-16-12-11-15(13-16)14-9-7-6-8-10-14/h12,14-15H,6-11,13H2,1-5H3. The van der Waals surface area contributed by atoms with E-state index in [1.54, 1.807) is 0 Å². The van der Waals surface area contributed by atoms with E-state index in [9.17, 15) is 0 Å². The predicted octanol–water partition coefficient (Wildman–Crippen LogP) is 5.88. The van der Waals surface area contributed by atoms with E-state index < -0.39 is 8.32 Å². The molecular weight excluding hydrogens is 248 g/mol. The van der Waals surface area contributed by atoms with Crippen molar-refractivity contribution in [2.24, 2.45) is 11.8 Å². The lowest BCUT2D eigenvalue weighted by Crippen LogP contribution is -2.40. The molecule has 1 nitrogen and oxygen atoms in total. The van der Waals surface area contributed by atoms with Gasteiger partial charge < -0.3 is 4.43 Å². The van der Waals surface area contributed by atoms with Crippen molar-refractivity contribution in [1.82, 2.24) is 0 Å². The third-order valence-corrected chi connectivity index (χ3v) is 10.0. The summed E-state index contributed by atoms with van der Waals surface area (Å²) in [7, 11) is -1.62. The summed E-state index contributed by atoms with van der Waals surface area (Å²) in [6.07, 6.45) is 12.2. The van der Waals surface area contributed by atoms with Crippen LogP contribution >= 0.6 is 0 Å². The Bertz CT molecular complexity index is 332. The quantitative estimate of drug-likeness (QED) is 0.586. The largest absolute Gasteiger partial charge is 0.547 e. The average molecular weight is 281 g/mol. The fraction of sp³-hybridized carbons (Fsp3) is 0.882. The van der Waals surface area contributed by atoms with E-state index in [2.05, 4.69) is 39.9 Å². The molecular formula is C17H32OSi. The molecule has 19 heavy (non-hydrogen) atoms. The molecule has 2 aliphatic carbocycles. The predicted molar refractivity (Wildman–Crippen MR) is 85.7 cm³/mol. The van der Waals surface area contributed by atoms with E-state index in [0.717, 1.165) is 11.8 Å². The molecule has 0 aliphatic heterocycles. The summed E-state index contributed by atoms with van der Waals surface area (Å²) >= 11 is 0. The fourth-order valence-electron chi connectivity index (χ4n) is 3.24. The van der Waals surface area contributed by atoms with Gasteiger partial charge in [-0.1, -0.05) is 52.9 Å². The summed E-state index contributed by atoms with van der Waals surface area (Å²) < 4.78 is 6.48. The maximum Gasteiger partial charge on any atom is 0.250 e. The van der Waals surface area contributed by atoms with Crippen LogP contribution in [0, 0.1) is 11.8 Å². The summed E-state index contributed by atoms with van der Waals surface area (Å²) in [6.45, 7) is 11.7. The Balaban J connectivity index is 1.88. The fourth-order valence-corrected chi connectivity index (χ4v) is 4.37. The van der Waals surface area contributed by atoms with Gasteiger partial charge in [0.05, 0.1) is 5.76 Å². The molecule has 0 heterocycles. The van der Waals surface area contributed by atoms with E-state index in [1.165, 1.54) is 50.7 Å². The number of rotatable bonds is 3. The SMILES string of the molecule is CC(C)(C)[Si](C)(C)OC1=CCC(C2CCCCC2)C1. The molecule has 0 aromatic heterocycles. The number of allylic oxidation sites excluding steroid dienone is 2. The van der Waals surface area contributed by atoms with E-state index in [4.69, 9.17) is 4.43 Å². The van der Waals surface area contributed by atoms with E-state index in [0.29, 0.717) is 5.04 Å².